The molecule has 0 aliphatic rings. The number of rotatable bonds is 6. The van der Waals surface area contributed by atoms with Crippen LogP contribution in [0, 0.1) is 0 Å². The zero-order valence-corrected chi connectivity index (χ0v) is 14.2. The van der Waals surface area contributed by atoms with Crippen molar-refractivity contribution >= 4 is 31.5 Å². The van der Waals surface area contributed by atoms with Gasteiger partial charge in [0, 0.05) is 5.69 Å². The van der Waals surface area contributed by atoms with E-state index in [9.17, 15) is 21.6 Å². The Hall–Kier alpha value is -2.23. The molecule has 0 saturated carbocycles. The fourth-order valence-corrected chi connectivity index (χ4v) is 3.79. The van der Waals surface area contributed by atoms with Crippen LogP contribution in [0.4, 0.5) is 5.69 Å². The first-order valence-electron chi connectivity index (χ1n) is 6.83. The first-order chi connectivity index (χ1) is 11.2. The standard InChI is InChI=1S/C15H16N2O5S2/c16-24(21,22)14-8-6-13(7-9-14)17-15(18)11-23(19,20)10-12-4-2-1-3-5-12/h1-9H,10-11H2,(H,17,18)(H2,16,21,22). The van der Waals surface area contributed by atoms with Gasteiger partial charge in [-0.2, -0.15) is 0 Å². The quantitative estimate of drug-likeness (QED) is 0.784. The first kappa shape index (κ1) is 18.1. The number of carbonyl (C=O) groups is 1. The van der Waals surface area contributed by atoms with Gasteiger partial charge in [0.25, 0.3) is 0 Å². The molecular weight excluding hydrogens is 352 g/mol. The molecule has 0 heterocycles. The van der Waals surface area contributed by atoms with Crippen molar-refractivity contribution in [3.05, 3.63) is 60.2 Å². The molecule has 7 nitrogen and oxygen atoms in total. The maximum Gasteiger partial charge on any atom is 0.239 e. The van der Waals surface area contributed by atoms with Crippen LogP contribution in [0.1, 0.15) is 5.56 Å². The van der Waals surface area contributed by atoms with Crippen molar-refractivity contribution in [2.45, 2.75) is 10.6 Å². The van der Waals surface area contributed by atoms with Gasteiger partial charge in [-0.15, -0.1) is 0 Å². The maximum atomic E-state index is 12.0. The second-order valence-corrected chi connectivity index (χ2v) is 8.76. The zero-order valence-electron chi connectivity index (χ0n) is 12.5. The van der Waals surface area contributed by atoms with Crippen molar-refractivity contribution in [1.82, 2.24) is 0 Å². The Morgan fingerprint density at radius 1 is 0.917 bits per heavy atom. The van der Waals surface area contributed by atoms with Gasteiger partial charge in [0.05, 0.1) is 10.6 Å². The molecule has 2 aromatic rings. The number of benzene rings is 2. The number of amides is 1. The van der Waals surface area contributed by atoms with E-state index in [1.165, 1.54) is 24.3 Å². The second kappa shape index (κ2) is 7.12. The summed E-state index contributed by atoms with van der Waals surface area (Å²) >= 11 is 0. The van der Waals surface area contributed by atoms with Crippen molar-refractivity contribution < 1.29 is 21.6 Å². The van der Waals surface area contributed by atoms with Crippen LogP contribution in [0.25, 0.3) is 0 Å². The lowest BCUT2D eigenvalue weighted by atomic mass is 10.2. The highest BCUT2D eigenvalue weighted by Crippen LogP contribution is 2.13. The Morgan fingerprint density at radius 2 is 1.50 bits per heavy atom. The predicted molar refractivity (Wildman–Crippen MR) is 90.4 cm³/mol. The summed E-state index contributed by atoms with van der Waals surface area (Å²) in [5.41, 5.74) is 0.880. The molecule has 2 rings (SSSR count). The van der Waals surface area contributed by atoms with Gasteiger partial charge in [-0.25, -0.2) is 22.0 Å². The highest BCUT2D eigenvalue weighted by atomic mass is 32.2. The Kier molecular flexibility index (Phi) is 5.37. The predicted octanol–water partition coefficient (Wildman–Crippen LogP) is 0.888. The number of hydrogen-bond donors (Lipinski definition) is 2. The van der Waals surface area contributed by atoms with Crippen LogP contribution in [-0.2, 0) is 30.4 Å². The summed E-state index contributed by atoms with van der Waals surface area (Å²) in [6.45, 7) is 0. The molecule has 0 fully saturated rings. The zero-order chi connectivity index (χ0) is 17.8. The minimum atomic E-state index is -3.82. The molecule has 2 aromatic carbocycles. The van der Waals surface area contributed by atoms with Crippen LogP contribution < -0.4 is 10.5 Å². The summed E-state index contributed by atoms with van der Waals surface area (Å²) in [4.78, 5) is 11.8. The molecular formula is C15H16N2O5S2. The van der Waals surface area contributed by atoms with Gasteiger partial charge in [-0.3, -0.25) is 4.79 Å². The smallest absolute Gasteiger partial charge is 0.239 e. The van der Waals surface area contributed by atoms with Gasteiger partial charge in [-0.05, 0) is 29.8 Å². The number of primary sulfonamides is 1. The van der Waals surface area contributed by atoms with Crippen LogP contribution >= 0.6 is 0 Å². The van der Waals surface area contributed by atoms with Gasteiger partial charge in [0.15, 0.2) is 9.84 Å². The SMILES string of the molecule is NS(=O)(=O)c1ccc(NC(=O)CS(=O)(=O)Cc2ccccc2)cc1. The van der Waals surface area contributed by atoms with Crippen LogP contribution in [0.5, 0.6) is 0 Å². The molecule has 128 valence electrons. The van der Waals surface area contributed by atoms with Gasteiger partial charge in [-0.1, -0.05) is 30.3 Å². The molecule has 0 radical (unpaired) electrons. The summed E-state index contributed by atoms with van der Waals surface area (Å²) in [5.74, 6) is -1.60. The van der Waals surface area contributed by atoms with E-state index in [-0.39, 0.29) is 16.3 Å². The highest BCUT2D eigenvalue weighted by molar-refractivity contribution is 7.91. The lowest BCUT2D eigenvalue weighted by Crippen LogP contribution is -2.24. The summed E-state index contributed by atoms with van der Waals surface area (Å²) in [5, 5.41) is 7.38. The van der Waals surface area contributed by atoms with Gasteiger partial charge in [0.1, 0.15) is 5.75 Å². The number of sulfonamides is 1. The molecule has 0 aromatic heterocycles. The normalized spacial score (nSPS) is 11.9. The van der Waals surface area contributed by atoms with Crippen LogP contribution in [-0.4, -0.2) is 28.5 Å². The average Bonchev–Trinajstić information content (AvgIpc) is 2.46. The van der Waals surface area contributed by atoms with E-state index >= 15 is 0 Å². The van der Waals surface area contributed by atoms with Gasteiger partial charge in [0.2, 0.25) is 15.9 Å². The molecule has 0 aliphatic heterocycles. The molecule has 0 spiro atoms. The summed E-state index contributed by atoms with van der Waals surface area (Å²) in [7, 11) is -7.43. The second-order valence-electron chi connectivity index (χ2n) is 5.14. The van der Waals surface area contributed by atoms with E-state index in [4.69, 9.17) is 5.14 Å². The molecule has 3 N–H and O–H groups in total. The Labute approximate surface area is 140 Å². The third-order valence-corrected chi connectivity index (χ3v) is 5.45. The maximum absolute atomic E-state index is 12.0. The fraction of sp³-hybridized carbons (Fsp3) is 0.133. The topological polar surface area (TPSA) is 123 Å². The molecule has 0 bridgehead atoms. The number of hydrogen-bond acceptors (Lipinski definition) is 5. The molecule has 9 heteroatoms. The van der Waals surface area contributed by atoms with E-state index in [0.29, 0.717) is 5.56 Å². The van der Waals surface area contributed by atoms with Gasteiger partial charge < -0.3 is 5.32 Å². The van der Waals surface area contributed by atoms with E-state index < -0.39 is 31.5 Å². The Bertz CT molecular complexity index is 922. The summed E-state index contributed by atoms with van der Waals surface area (Å²) in [6.07, 6.45) is 0. The monoisotopic (exact) mass is 368 g/mol. The minimum Gasteiger partial charge on any atom is -0.325 e. The average molecular weight is 368 g/mol. The van der Waals surface area contributed by atoms with Crippen molar-refractivity contribution in [3.8, 4) is 0 Å². The van der Waals surface area contributed by atoms with E-state index in [1.807, 2.05) is 0 Å². The Balaban J connectivity index is 2.00. The number of nitrogens with one attached hydrogen (secondary N) is 1. The number of anilines is 1. The molecule has 0 aliphatic carbocycles. The molecule has 1 amide bonds. The van der Waals surface area contributed by atoms with E-state index in [0.717, 1.165) is 0 Å². The highest BCUT2D eigenvalue weighted by Gasteiger charge is 2.17. The molecule has 0 atom stereocenters. The molecule has 0 saturated heterocycles. The number of nitrogens with two attached hydrogens (primary N) is 1. The van der Waals surface area contributed by atoms with Gasteiger partial charge >= 0.3 is 0 Å². The summed E-state index contributed by atoms with van der Waals surface area (Å²) < 4.78 is 46.3. The minimum absolute atomic E-state index is 0.0998. The third kappa shape index (κ3) is 5.44. The van der Waals surface area contributed by atoms with Crippen LogP contribution in [0.2, 0.25) is 0 Å². The lowest BCUT2D eigenvalue weighted by molar-refractivity contribution is -0.113. The van der Waals surface area contributed by atoms with Crippen molar-refractivity contribution in [1.29, 1.82) is 0 Å². The summed E-state index contributed by atoms with van der Waals surface area (Å²) in [6, 6.07) is 13.7. The largest absolute Gasteiger partial charge is 0.325 e. The van der Waals surface area contributed by atoms with Crippen LogP contribution in [0.3, 0.4) is 0 Å². The van der Waals surface area contributed by atoms with E-state index in [2.05, 4.69) is 5.32 Å². The molecule has 24 heavy (non-hydrogen) atoms. The van der Waals surface area contributed by atoms with Crippen molar-refractivity contribution in [3.63, 3.8) is 0 Å². The van der Waals surface area contributed by atoms with Crippen molar-refractivity contribution in [2.24, 2.45) is 5.14 Å². The van der Waals surface area contributed by atoms with Crippen molar-refractivity contribution in [2.75, 3.05) is 11.1 Å². The number of sulfone groups is 1. The molecule has 0 unspecified atom stereocenters. The number of carbonyl (C=O) groups excluding carboxylic acids is 1. The van der Waals surface area contributed by atoms with Crippen LogP contribution in [0.15, 0.2) is 59.5 Å². The first-order valence-corrected chi connectivity index (χ1v) is 10.2. The Morgan fingerprint density at radius 3 is 2.04 bits per heavy atom. The third-order valence-electron chi connectivity index (χ3n) is 3.05. The fourth-order valence-electron chi connectivity index (χ4n) is 2.00. The lowest BCUT2D eigenvalue weighted by Gasteiger charge is -2.07. The van der Waals surface area contributed by atoms with E-state index in [1.54, 1.807) is 30.3 Å².